The van der Waals surface area contributed by atoms with Crippen LogP contribution in [0.25, 0.3) is 0 Å². The van der Waals surface area contributed by atoms with Gasteiger partial charge in [0.2, 0.25) is 5.91 Å². The van der Waals surface area contributed by atoms with E-state index in [1.165, 1.54) is 32.1 Å². The van der Waals surface area contributed by atoms with Gasteiger partial charge < -0.3 is 15.2 Å². The highest BCUT2D eigenvalue weighted by Crippen LogP contribution is 2.27. The van der Waals surface area contributed by atoms with E-state index in [-0.39, 0.29) is 5.91 Å². The number of methoxy groups -OCH3 is 1. The zero-order chi connectivity index (χ0) is 15.5. The van der Waals surface area contributed by atoms with Crippen LogP contribution in [0.5, 0.6) is 0 Å². The highest BCUT2D eigenvalue weighted by molar-refractivity contribution is 5.83. The third-order valence-electron chi connectivity index (χ3n) is 4.22. The van der Waals surface area contributed by atoms with Crippen LogP contribution in [0.4, 0.5) is 0 Å². The summed E-state index contributed by atoms with van der Waals surface area (Å²) in [7, 11) is 1.58. The van der Waals surface area contributed by atoms with E-state index in [0.29, 0.717) is 25.9 Å². The molecule has 122 valence electrons. The second-order valence-electron chi connectivity index (χ2n) is 5.99. The predicted molar refractivity (Wildman–Crippen MR) is 81.1 cm³/mol. The van der Waals surface area contributed by atoms with Gasteiger partial charge in [0.05, 0.1) is 0 Å². The van der Waals surface area contributed by atoms with Gasteiger partial charge in [-0.05, 0) is 31.6 Å². The third kappa shape index (κ3) is 8.05. The molecule has 0 radical (unpaired) electrons. The Hall–Kier alpha value is -1.10. The van der Waals surface area contributed by atoms with Crippen LogP contribution >= 0.6 is 0 Å². The van der Waals surface area contributed by atoms with Gasteiger partial charge in [-0.15, -0.1) is 0 Å². The summed E-state index contributed by atoms with van der Waals surface area (Å²) in [6.45, 7) is 0.515. The molecule has 1 atom stereocenters. The Bertz CT molecular complexity index is 313. The lowest BCUT2D eigenvalue weighted by molar-refractivity contribution is -0.142. The van der Waals surface area contributed by atoms with Crippen LogP contribution in [0.3, 0.4) is 0 Å². The van der Waals surface area contributed by atoms with Gasteiger partial charge in [-0.2, -0.15) is 0 Å². The van der Waals surface area contributed by atoms with Crippen molar-refractivity contribution in [3.63, 3.8) is 0 Å². The Morgan fingerprint density at radius 2 is 1.95 bits per heavy atom. The van der Waals surface area contributed by atoms with Crippen LogP contribution in [0.1, 0.15) is 64.2 Å². The number of carbonyl (C=O) groups is 2. The molecular formula is C16H29NO4. The molecule has 0 aliphatic heterocycles. The molecule has 2 N–H and O–H groups in total. The van der Waals surface area contributed by atoms with Gasteiger partial charge in [0.15, 0.2) is 0 Å². The number of hydrogen-bond donors (Lipinski definition) is 2. The molecule has 5 nitrogen and oxygen atoms in total. The maximum Gasteiger partial charge on any atom is 0.326 e. The monoisotopic (exact) mass is 299 g/mol. The normalized spacial score (nSPS) is 17.4. The van der Waals surface area contributed by atoms with Crippen LogP contribution in [-0.2, 0) is 14.3 Å². The Kier molecular flexibility index (Phi) is 9.06. The van der Waals surface area contributed by atoms with Crippen molar-refractivity contribution in [2.75, 3.05) is 13.7 Å². The molecule has 0 aromatic carbocycles. The largest absolute Gasteiger partial charge is 0.480 e. The van der Waals surface area contributed by atoms with Crippen molar-refractivity contribution >= 4 is 11.9 Å². The molecule has 0 saturated heterocycles. The van der Waals surface area contributed by atoms with Crippen LogP contribution in [0.2, 0.25) is 0 Å². The summed E-state index contributed by atoms with van der Waals surface area (Å²) in [6, 6.07) is -0.790. The molecule has 1 aliphatic rings. The van der Waals surface area contributed by atoms with Crippen molar-refractivity contribution in [2.45, 2.75) is 70.3 Å². The smallest absolute Gasteiger partial charge is 0.326 e. The van der Waals surface area contributed by atoms with Crippen molar-refractivity contribution in [3.8, 4) is 0 Å². The molecule has 1 aliphatic carbocycles. The van der Waals surface area contributed by atoms with Crippen molar-refractivity contribution in [3.05, 3.63) is 0 Å². The minimum atomic E-state index is -0.966. The van der Waals surface area contributed by atoms with E-state index in [4.69, 9.17) is 9.84 Å². The van der Waals surface area contributed by atoms with E-state index in [1.807, 2.05) is 0 Å². The van der Waals surface area contributed by atoms with Crippen LogP contribution < -0.4 is 5.32 Å². The lowest BCUT2D eigenvalue weighted by Crippen LogP contribution is -2.40. The van der Waals surface area contributed by atoms with Gasteiger partial charge in [0, 0.05) is 20.1 Å². The topological polar surface area (TPSA) is 75.6 Å². The van der Waals surface area contributed by atoms with E-state index in [1.54, 1.807) is 7.11 Å². The van der Waals surface area contributed by atoms with Crippen molar-refractivity contribution in [1.82, 2.24) is 5.32 Å². The molecule has 0 spiro atoms. The zero-order valence-corrected chi connectivity index (χ0v) is 13.1. The average molecular weight is 299 g/mol. The molecule has 0 bridgehead atoms. The summed E-state index contributed by atoms with van der Waals surface area (Å²) in [6.07, 6.45) is 9.99. The summed E-state index contributed by atoms with van der Waals surface area (Å²) >= 11 is 0. The molecule has 0 aromatic heterocycles. The molecule has 0 aromatic rings. The molecule has 1 rings (SSSR count). The van der Waals surface area contributed by atoms with Crippen LogP contribution in [0, 0.1) is 5.92 Å². The number of amides is 1. The molecule has 21 heavy (non-hydrogen) atoms. The molecule has 1 fully saturated rings. The fraction of sp³-hybridized carbons (Fsp3) is 0.875. The lowest BCUT2D eigenvalue weighted by Gasteiger charge is -2.21. The number of carboxylic acids is 1. The van der Waals surface area contributed by atoms with Gasteiger partial charge in [-0.25, -0.2) is 4.79 Å². The van der Waals surface area contributed by atoms with E-state index in [9.17, 15) is 9.59 Å². The molecule has 1 saturated carbocycles. The lowest BCUT2D eigenvalue weighted by atomic mass is 9.86. The third-order valence-corrected chi connectivity index (χ3v) is 4.22. The minimum Gasteiger partial charge on any atom is -0.480 e. The van der Waals surface area contributed by atoms with Crippen LogP contribution in [-0.4, -0.2) is 36.7 Å². The quantitative estimate of drug-likeness (QED) is 0.608. The summed E-state index contributed by atoms with van der Waals surface area (Å²) in [5, 5.41) is 11.7. The molecule has 1 amide bonds. The summed E-state index contributed by atoms with van der Waals surface area (Å²) in [5.74, 6) is -0.342. The average Bonchev–Trinajstić information content (AvgIpc) is 2.47. The van der Waals surface area contributed by atoms with Gasteiger partial charge in [-0.3, -0.25) is 4.79 Å². The van der Waals surface area contributed by atoms with E-state index >= 15 is 0 Å². The first-order chi connectivity index (χ1) is 10.1. The fourth-order valence-corrected chi connectivity index (χ4v) is 2.98. The standard InChI is InChI=1S/C16H29NO4/c1-21-12-6-10-14(16(19)20)17-15(18)11-5-9-13-7-3-2-4-8-13/h13-14H,2-12H2,1H3,(H,17,18)(H,19,20). The second-order valence-corrected chi connectivity index (χ2v) is 5.99. The van der Waals surface area contributed by atoms with Crippen molar-refractivity contribution in [2.24, 2.45) is 5.92 Å². The summed E-state index contributed by atoms with van der Waals surface area (Å²) in [5.41, 5.74) is 0. The Morgan fingerprint density at radius 3 is 2.57 bits per heavy atom. The first-order valence-electron chi connectivity index (χ1n) is 8.14. The number of hydrogen-bond acceptors (Lipinski definition) is 3. The first kappa shape index (κ1) is 18.0. The van der Waals surface area contributed by atoms with Crippen LogP contribution in [0.15, 0.2) is 0 Å². The SMILES string of the molecule is COCCCC(NC(=O)CCCC1CCCCC1)C(=O)O. The Labute approximate surface area is 127 Å². The number of carboxylic acid groups (broad SMARTS) is 1. The summed E-state index contributed by atoms with van der Waals surface area (Å²) < 4.78 is 4.90. The number of nitrogens with one attached hydrogen (secondary N) is 1. The molecule has 0 heterocycles. The van der Waals surface area contributed by atoms with E-state index in [2.05, 4.69) is 5.32 Å². The van der Waals surface area contributed by atoms with Gasteiger partial charge in [0.1, 0.15) is 6.04 Å². The zero-order valence-electron chi connectivity index (χ0n) is 13.1. The number of aliphatic carboxylic acids is 1. The van der Waals surface area contributed by atoms with E-state index < -0.39 is 12.0 Å². The minimum absolute atomic E-state index is 0.143. The molecular weight excluding hydrogens is 270 g/mol. The van der Waals surface area contributed by atoms with Crippen molar-refractivity contribution < 1.29 is 19.4 Å². The van der Waals surface area contributed by atoms with Gasteiger partial charge in [-0.1, -0.05) is 32.1 Å². The maximum absolute atomic E-state index is 11.8. The Morgan fingerprint density at radius 1 is 1.24 bits per heavy atom. The van der Waals surface area contributed by atoms with E-state index in [0.717, 1.165) is 18.8 Å². The number of rotatable bonds is 10. The Balaban J connectivity index is 2.18. The number of carbonyl (C=O) groups excluding carboxylic acids is 1. The predicted octanol–water partition coefficient (Wildman–Crippen LogP) is 2.73. The maximum atomic E-state index is 11.8. The molecule has 5 heteroatoms. The van der Waals surface area contributed by atoms with Gasteiger partial charge in [0.25, 0.3) is 0 Å². The highest BCUT2D eigenvalue weighted by atomic mass is 16.5. The number of ether oxygens (including phenoxy) is 1. The highest BCUT2D eigenvalue weighted by Gasteiger charge is 2.19. The summed E-state index contributed by atoms with van der Waals surface area (Å²) in [4.78, 5) is 22.9. The fourth-order valence-electron chi connectivity index (χ4n) is 2.98. The molecule has 1 unspecified atom stereocenters. The van der Waals surface area contributed by atoms with Crippen molar-refractivity contribution in [1.29, 1.82) is 0 Å². The van der Waals surface area contributed by atoms with Gasteiger partial charge >= 0.3 is 5.97 Å². The second kappa shape index (κ2) is 10.6. The first-order valence-corrected chi connectivity index (χ1v) is 8.14.